The third-order valence-electron chi connectivity index (χ3n) is 3.17. The average Bonchev–Trinajstić information content (AvgIpc) is 2.89. The normalized spacial score (nSPS) is 12.4. The zero-order valence-corrected chi connectivity index (χ0v) is 12.9. The van der Waals surface area contributed by atoms with Gasteiger partial charge in [-0.05, 0) is 25.5 Å². The number of benzene rings is 1. The Hall–Kier alpha value is -1.46. The quantitative estimate of drug-likeness (QED) is 0.831. The monoisotopic (exact) mass is 292 g/mol. The predicted molar refractivity (Wildman–Crippen MR) is 81.3 cm³/mol. The van der Waals surface area contributed by atoms with Gasteiger partial charge in [0, 0.05) is 17.2 Å². The van der Waals surface area contributed by atoms with E-state index in [1.807, 2.05) is 19.1 Å². The lowest BCUT2D eigenvalue weighted by Gasteiger charge is -2.14. The highest BCUT2D eigenvalue weighted by atomic mass is 32.2. The van der Waals surface area contributed by atoms with E-state index in [4.69, 9.17) is 4.74 Å². The number of hydrogen-bond acceptors (Lipinski definition) is 4. The van der Waals surface area contributed by atoms with E-state index in [1.165, 1.54) is 10.5 Å². The van der Waals surface area contributed by atoms with Crippen LogP contribution in [0.1, 0.15) is 24.3 Å². The molecule has 1 heterocycles. The number of hydrogen-bond donors (Lipinski definition) is 1. The van der Waals surface area contributed by atoms with Crippen molar-refractivity contribution in [2.24, 2.45) is 0 Å². The summed E-state index contributed by atoms with van der Waals surface area (Å²) in [6.07, 6.45) is 1.05. The SMILES string of the molecule is CCn1ncc(OC)c1C(O)CSc1ccccc1C. The van der Waals surface area contributed by atoms with Crippen molar-refractivity contribution in [3.05, 3.63) is 41.7 Å². The van der Waals surface area contributed by atoms with Gasteiger partial charge < -0.3 is 9.84 Å². The van der Waals surface area contributed by atoms with Crippen LogP contribution in [0.2, 0.25) is 0 Å². The first-order chi connectivity index (χ1) is 9.67. The highest BCUT2D eigenvalue weighted by Crippen LogP contribution is 2.31. The summed E-state index contributed by atoms with van der Waals surface area (Å²) >= 11 is 1.65. The molecule has 0 spiro atoms. The Morgan fingerprint density at radius 3 is 2.80 bits per heavy atom. The molecule has 4 nitrogen and oxygen atoms in total. The molecule has 0 saturated heterocycles. The lowest BCUT2D eigenvalue weighted by Crippen LogP contribution is -2.11. The Morgan fingerprint density at radius 2 is 2.15 bits per heavy atom. The molecule has 1 atom stereocenters. The van der Waals surface area contributed by atoms with Gasteiger partial charge in [0.2, 0.25) is 0 Å². The first kappa shape index (κ1) is 14.9. The maximum absolute atomic E-state index is 10.4. The van der Waals surface area contributed by atoms with Gasteiger partial charge in [0.05, 0.1) is 13.3 Å². The fourth-order valence-corrected chi connectivity index (χ4v) is 3.05. The van der Waals surface area contributed by atoms with Gasteiger partial charge in [0.15, 0.2) is 5.75 Å². The van der Waals surface area contributed by atoms with Gasteiger partial charge in [-0.25, -0.2) is 0 Å². The first-order valence-electron chi connectivity index (χ1n) is 6.63. The third kappa shape index (κ3) is 3.16. The predicted octanol–water partition coefficient (Wildman–Crippen LogP) is 3.05. The molecular formula is C15H20N2O2S. The number of thioether (sulfide) groups is 1. The molecule has 0 bridgehead atoms. The van der Waals surface area contributed by atoms with Crippen LogP contribution in [0.15, 0.2) is 35.4 Å². The van der Waals surface area contributed by atoms with Gasteiger partial charge in [-0.3, -0.25) is 4.68 Å². The van der Waals surface area contributed by atoms with Crippen LogP contribution >= 0.6 is 11.8 Å². The van der Waals surface area contributed by atoms with Crippen LogP contribution in [0.4, 0.5) is 0 Å². The van der Waals surface area contributed by atoms with E-state index >= 15 is 0 Å². The van der Waals surface area contributed by atoms with Gasteiger partial charge in [-0.1, -0.05) is 18.2 Å². The molecule has 0 amide bonds. The van der Waals surface area contributed by atoms with Crippen molar-refractivity contribution in [1.29, 1.82) is 0 Å². The molecule has 20 heavy (non-hydrogen) atoms. The number of aliphatic hydroxyl groups excluding tert-OH is 1. The summed E-state index contributed by atoms with van der Waals surface area (Å²) in [6, 6.07) is 8.18. The number of methoxy groups -OCH3 is 1. The van der Waals surface area contributed by atoms with E-state index in [-0.39, 0.29) is 0 Å². The molecule has 0 aliphatic carbocycles. The molecule has 0 saturated carbocycles. The van der Waals surface area contributed by atoms with Crippen molar-refractivity contribution in [3.8, 4) is 5.75 Å². The smallest absolute Gasteiger partial charge is 0.162 e. The molecule has 5 heteroatoms. The maximum atomic E-state index is 10.4. The Labute approximate surface area is 123 Å². The highest BCUT2D eigenvalue weighted by molar-refractivity contribution is 7.99. The molecule has 108 valence electrons. The molecular weight excluding hydrogens is 272 g/mol. The minimum atomic E-state index is -0.600. The first-order valence-corrected chi connectivity index (χ1v) is 7.62. The second kappa shape index (κ2) is 6.81. The molecule has 2 rings (SSSR count). The van der Waals surface area contributed by atoms with Crippen molar-refractivity contribution in [2.75, 3.05) is 12.9 Å². The number of aryl methyl sites for hydroxylation is 2. The topological polar surface area (TPSA) is 47.3 Å². The van der Waals surface area contributed by atoms with Crippen molar-refractivity contribution in [2.45, 2.75) is 31.4 Å². The lowest BCUT2D eigenvalue weighted by molar-refractivity contribution is 0.187. The molecule has 1 N–H and O–H groups in total. The second-order valence-corrected chi connectivity index (χ2v) is 5.57. The van der Waals surface area contributed by atoms with Crippen LogP contribution in [-0.4, -0.2) is 27.7 Å². The fourth-order valence-electron chi connectivity index (χ4n) is 2.09. The van der Waals surface area contributed by atoms with E-state index in [2.05, 4.69) is 24.2 Å². The largest absolute Gasteiger partial charge is 0.493 e. The van der Waals surface area contributed by atoms with Crippen LogP contribution in [0.5, 0.6) is 5.75 Å². The molecule has 0 fully saturated rings. The van der Waals surface area contributed by atoms with Gasteiger partial charge in [0.25, 0.3) is 0 Å². The minimum absolute atomic E-state index is 0.576. The molecule has 1 unspecified atom stereocenters. The molecule has 0 aliphatic rings. The van der Waals surface area contributed by atoms with E-state index in [9.17, 15) is 5.11 Å². The van der Waals surface area contributed by atoms with Crippen molar-refractivity contribution < 1.29 is 9.84 Å². The summed E-state index contributed by atoms with van der Waals surface area (Å²) in [5, 5.41) is 14.6. The molecule has 1 aromatic carbocycles. The second-order valence-electron chi connectivity index (χ2n) is 4.51. The van der Waals surface area contributed by atoms with Crippen molar-refractivity contribution >= 4 is 11.8 Å². The van der Waals surface area contributed by atoms with Crippen LogP contribution in [-0.2, 0) is 6.54 Å². The number of ether oxygens (including phenoxy) is 1. The molecule has 2 aromatic rings. The fraction of sp³-hybridized carbons (Fsp3) is 0.400. The Morgan fingerprint density at radius 1 is 1.40 bits per heavy atom. The maximum Gasteiger partial charge on any atom is 0.162 e. The van der Waals surface area contributed by atoms with Gasteiger partial charge in [-0.2, -0.15) is 5.10 Å². The third-order valence-corrected chi connectivity index (χ3v) is 4.42. The summed E-state index contributed by atoms with van der Waals surface area (Å²) in [7, 11) is 1.60. The zero-order chi connectivity index (χ0) is 14.5. The summed E-state index contributed by atoms with van der Waals surface area (Å²) in [4.78, 5) is 1.19. The van der Waals surface area contributed by atoms with Crippen LogP contribution in [0, 0.1) is 6.92 Å². The minimum Gasteiger partial charge on any atom is -0.493 e. The molecule has 1 aromatic heterocycles. The van der Waals surface area contributed by atoms with Gasteiger partial charge >= 0.3 is 0 Å². The number of rotatable bonds is 6. The van der Waals surface area contributed by atoms with Crippen molar-refractivity contribution in [3.63, 3.8) is 0 Å². The zero-order valence-electron chi connectivity index (χ0n) is 12.0. The van der Waals surface area contributed by atoms with E-state index in [1.54, 1.807) is 29.8 Å². The summed E-state index contributed by atoms with van der Waals surface area (Å²) in [5.74, 6) is 1.22. The van der Waals surface area contributed by atoms with E-state index in [0.29, 0.717) is 18.0 Å². The number of aromatic nitrogens is 2. The van der Waals surface area contributed by atoms with Crippen LogP contribution < -0.4 is 4.74 Å². The average molecular weight is 292 g/mol. The van der Waals surface area contributed by atoms with Crippen molar-refractivity contribution in [1.82, 2.24) is 9.78 Å². The summed E-state index contributed by atoms with van der Waals surface area (Å²) in [5.41, 5.74) is 1.97. The van der Waals surface area contributed by atoms with E-state index < -0.39 is 6.10 Å². The molecule has 0 aliphatic heterocycles. The van der Waals surface area contributed by atoms with Gasteiger partial charge in [0.1, 0.15) is 11.8 Å². The standard InChI is InChI=1S/C15H20N2O2S/c1-4-17-15(13(19-3)9-16-17)12(18)10-20-14-8-6-5-7-11(14)2/h5-9,12,18H,4,10H2,1-3H3. The van der Waals surface area contributed by atoms with Gasteiger partial charge in [-0.15, -0.1) is 11.8 Å². The Kier molecular flexibility index (Phi) is 5.09. The van der Waals surface area contributed by atoms with E-state index in [0.717, 1.165) is 5.69 Å². The molecule has 0 radical (unpaired) electrons. The van der Waals surface area contributed by atoms with Crippen LogP contribution in [0.25, 0.3) is 0 Å². The van der Waals surface area contributed by atoms with Crippen LogP contribution in [0.3, 0.4) is 0 Å². The highest BCUT2D eigenvalue weighted by Gasteiger charge is 2.19. The number of nitrogens with zero attached hydrogens (tertiary/aromatic N) is 2. The lowest BCUT2D eigenvalue weighted by atomic mass is 10.2. The summed E-state index contributed by atoms with van der Waals surface area (Å²) in [6.45, 7) is 4.79. The number of aliphatic hydroxyl groups is 1. The Bertz CT molecular complexity index is 547. The Balaban J connectivity index is 2.10. The summed E-state index contributed by atoms with van der Waals surface area (Å²) < 4.78 is 7.05.